The van der Waals surface area contributed by atoms with Gasteiger partial charge in [0.15, 0.2) is 12.2 Å². The number of carbonyl (C=O) groups excluding carboxylic acids is 2. The van der Waals surface area contributed by atoms with Crippen LogP contribution in [0.3, 0.4) is 0 Å². The van der Waals surface area contributed by atoms with Gasteiger partial charge < -0.3 is 9.47 Å². The number of amides is 1. The van der Waals surface area contributed by atoms with Gasteiger partial charge in [-0.1, -0.05) is 0 Å². The highest BCUT2D eigenvalue weighted by Gasteiger charge is 2.51. The number of nitro benzene ring substituents is 2. The zero-order valence-electron chi connectivity index (χ0n) is 11.5. The summed E-state index contributed by atoms with van der Waals surface area (Å²) in [5.41, 5.74) is 3.15. The Kier molecular flexibility index (Phi) is 4.36. The van der Waals surface area contributed by atoms with Gasteiger partial charge in [-0.15, -0.1) is 0 Å². The molecule has 0 radical (unpaired) electrons. The second kappa shape index (κ2) is 6.23. The van der Waals surface area contributed by atoms with Crippen molar-refractivity contribution in [2.45, 2.75) is 12.2 Å². The molecule has 1 aliphatic heterocycles. The lowest BCUT2D eigenvalue weighted by Crippen LogP contribution is -2.35. The number of anilines is 1. The molecule has 1 aliphatic rings. The number of rotatable bonds is 6. The first-order valence-corrected chi connectivity index (χ1v) is 6.07. The molecule has 2 rings (SSSR count). The van der Waals surface area contributed by atoms with E-state index in [0.29, 0.717) is 0 Å². The first kappa shape index (κ1) is 16.1. The van der Waals surface area contributed by atoms with Gasteiger partial charge in [0, 0.05) is 6.07 Å². The molecule has 1 fully saturated rings. The number of esters is 1. The predicted octanol–water partition coefficient (Wildman–Crippen LogP) is -0.114. The van der Waals surface area contributed by atoms with E-state index < -0.39 is 45.3 Å². The number of epoxide rings is 1. The van der Waals surface area contributed by atoms with Crippen molar-refractivity contribution in [2.75, 3.05) is 12.5 Å². The van der Waals surface area contributed by atoms with E-state index in [-0.39, 0.29) is 5.69 Å². The van der Waals surface area contributed by atoms with E-state index >= 15 is 0 Å². The van der Waals surface area contributed by atoms with Gasteiger partial charge in [0.25, 0.3) is 11.6 Å². The Balaban J connectivity index is 2.03. The lowest BCUT2D eigenvalue weighted by molar-refractivity contribution is -0.393. The molecule has 1 amide bonds. The molecule has 1 aromatic carbocycles. The molecule has 12 nitrogen and oxygen atoms in total. The summed E-state index contributed by atoms with van der Waals surface area (Å²) in [6, 6.07) is 2.85. The van der Waals surface area contributed by atoms with E-state index in [1.807, 2.05) is 0 Å². The van der Waals surface area contributed by atoms with Crippen LogP contribution in [-0.4, -0.2) is 41.0 Å². The second-order valence-corrected chi connectivity index (χ2v) is 4.33. The molecule has 0 saturated carbocycles. The topological polar surface area (TPSA) is 166 Å². The van der Waals surface area contributed by atoms with E-state index in [2.05, 4.69) is 15.6 Å². The van der Waals surface area contributed by atoms with Crippen LogP contribution in [0, 0.1) is 20.2 Å². The van der Waals surface area contributed by atoms with Crippen LogP contribution < -0.4 is 10.9 Å². The van der Waals surface area contributed by atoms with Gasteiger partial charge in [-0.05, 0) is 6.07 Å². The fourth-order valence-corrected chi connectivity index (χ4v) is 1.70. The molecule has 0 aromatic heterocycles. The monoisotopic (exact) mass is 326 g/mol. The van der Waals surface area contributed by atoms with Crippen LogP contribution in [-0.2, 0) is 19.1 Å². The SMILES string of the molecule is COC(=O)C1OC1C(=O)NNc1ccc([N+](=O)[O-])cc1[N+](=O)[O-]. The molecule has 0 spiro atoms. The van der Waals surface area contributed by atoms with Crippen molar-refractivity contribution < 1.29 is 28.9 Å². The lowest BCUT2D eigenvalue weighted by Gasteiger charge is -2.07. The average Bonchev–Trinajstić information content (AvgIpc) is 3.32. The molecule has 1 aromatic rings. The van der Waals surface area contributed by atoms with Crippen molar-refractivity contribution in [2.24, 2.45) is 0 Å². The maximum atomic E-state index is 11.7. The second-order valence-electron chi connectivity index (χ2n) is 4.33. The molecule has 122 valence electrons. The van der Waals surface area contributed by atoms with Gasteiger partial charge in [-0.3, -0.25) is 35.9 Å². The van der Waals surface area contributed by atoms with Crippen molar-refractivity contribution in [1.82, 2.24) is 5.43 Å². The molecule has 1 saturated heterocycles. The van der Waals surface area contributed by atoms with Crippen molar-refractivity contribution >= 4 is 28.9 Å². The maximum absolute atomic E-state index is 11.7. The Morgan fingerprint density at radius 1 is 1.22 bits per heavy atom. The van der Waals surface area contributed by atoms with Crippen LogP contribution in [0.4, 0.5) is 17.1 Å². The highest BCUT2D eigenvalue weighted by Crippen LogP contribution is 2.29. The minimum absolute atomic E-state index is 0.163. The molecule has 0 bridgehead atoms. The van der Waals surface area contributed by atoms with Gasteiger partial charge in [-0.25, -0.2) is 4.79 Å². The number of hydrogen-bond donors (Lipinski definition) is 2. The third-order valence-electron chi connectivity index (χ3n) is 2.89. The number of nitro groups is 2. The number of benzene rings is 1. The van der Waals surface area contributed by atoms with Crippen LogP contribution >= 0.6 is 0 Å². The third-order valence-corrected chi connectivity index (χ3v) is 2.89. The maximum Gasteiger partial charge on any atom is 0.338 e. The Morgan fingerprint density at radius 2 is 1.91 bits per heavy atom. The summed E-state index contributed by atoms with van der Waals surface area (Å²) < 4.78 is 9.18. The zero-order chi connectivity index (χ0) is 17.1. The van der Waals surface area contributed by atoms with Crippen LogP contribution in [0.15, 0.2) is 18.2 Å². The molecular formula is C11H10N4O8. The molecule has 2 unspecified atom stereocenters. The standard InChI is InChI=1S/C11H10N4O8/c1-22-11(17)9-8(23-9)10(16)13-12-6-3-2-5(14(18)19)4-7(6)15(20)21/h2-4,8-9,12H,1H3,(H,13,16). The molecule has 12 heteroatoms. The minimum Gasteiger partial charge on any atom is -0.467 e. The lowest BCUT2D eigenvalue weighted by atomic mass is 10.2. The number of methoxy groups -OCH3 is 1. The summed E-state index contributed by atoms with van der Waals surface area (Å²) in [4.78, 5) is 42.7. The summed E-state index contributed by atoms with van der Waals surface area (Å²) >= 11 is 0. The first-order chi connectivity index (χ1) is 10.8. The first-order valence-electron chi connectivity index (χ1n) is 6.07. The number of nitrogens with one attached hydrogen (secondary N) is 2. The third kappa shape index (κ3) is 3.49. The number of ether oxygens (including phenoxy) is 2. The Bertz CT molecular complexity index is 691. The van der Waals surface area contributed by atoms with E-state index in [0.717, 1.165) is 25.3 Å². The number of hydrazine groups is 1. The largest absolute Gasteiger partial charge is 0.467 e. The van der Waals surface area contributed by atoms with Gasteiger partial charge in [0.05, 0.1) is 23.0 Å². The predicted molar refractivity (Wildman–Crippen MR) is 72.2 cm³/mol. The number of hydrogen-bond acceptors (Lipinski definition) is 9. The summed E-state index contributed by atoms with van der Waals surface area (Å²) in [7, 11) is 1.14. The highest BCUT2D eigenvalue weighted by atomic mass is 16.6. The molecular weight excluding hydrogens is 316 g/mol. The number of carbonyl (C=O) groups is 2. The van der Waals surface area contributed by atoms with E-state index in [9.17, 15) is 29.8 Å². The number of nitrogens with zero attached hydrogens (tertiary/aromatic N) is 2. The Hall–Kier alpha value is -3.28. The van der Waals surface area contributed by atoms with Crippen molar-refractivity contribution in [1.29, 1.82) is 0 Å². The van der Waals surface area contributed by atoms with Crippen molar-refractivity contribution in [3.8, 4) is 0 Å². The average molecular weight is 326 g/mol. The quantitative estimate of drug-likeness (QED) is 0.313. The summed E-state index contributed by atoms with van der Waals surface area (Å²) in [5, 5.41) is 21.5. The smallest absolute Gasteiger partial charge is 0.338 e. The highest BCUT2D eigenvalue weighted by molar-refractivity contribution is 5.93. The molecule has 0 aliphatic carbocycles. The molecule has 2 atom stereocenters. The van der Waals surface area contributed by atoms with E-state index in [1.54, 1.807) is 0 Å². The van der Waals surface area contributed by atoms with Gasteiger partial charge in [-0.2, -0.15) is 0 Å². The fourth-order valence-electron chi connectivity index (χ4n) is 1.70. The van der Waals surface area contributed by atoms with Gasteiger partial charge in [0.1, 0.15) is 5.69 Å². The Labute approximate surface area is 127 Å². The summed E-state index contributed by atoms with van der Waals surface area (Å²) in [6.45, 7) is 0. The normalized spacial score (nSPS) is 18.7. The van der Waals surface area contributed by atoms with Crippen LogP contribution in [0.1, 0.15) is 0 Å². The molecule has 2 N–H and O–H groups in total. The van der Waals surface area contributed by atoms with Crippen LogP contribution in [0.5, 0.6) is 0 Å². The number of non-ortho nitro benzene ring substituents is 1. The van der Waals surface area contributed by atoms with Crippen LogP contribution in [0.2, 0.25) is 0 Å². The van der Waals surface area contributed by atoms with Gasteiger partial charge in [0.2, 0.25) is 0 Å². The Morgan fingerprint density at radius 3 is 2.48 bits per heavy atom. The minimum atomic E-state index is -1.06. The van der Waals surface area contributed by atoms with E-state index in [1.165, 1.54) is 0 Å². The van der Waals surface area contributed by atoms with Crippen LogP contribution in [0.25, 0.3) is 0 Å². The molecule has 1 heterocycles. The zero-order valence-corrected chi connectivity index (χ0v) is 11.5. The van der Waals surface area contributed by atoms with E-state index in [4.69, 9.17) is 4.74 Å². The van der Waals surface area contributed by atoms with Crippen molar-refractivity contribution in [3.05, 3.63) is 38.4 Å². The molecule has 23 heavy (non-hydrogen) atoms. The fraction of sp³-hybridized carbons (Fsp3) is 0.273. The van der Waals surface area contributed by atoms with Gasteiger partial charge >= 0.3 is 11.7 Å². The van der Waals surface area contributed by atoms with Crippen molar-refractivity contribution in [3.63, 3.8) is 0 Å². The summed E-state index contributed by atoms with van der Waals surface area (Å²) in [5.74, 6) is -1.46. The summed E-state index contributed by atoms with van der Waals surface area (Å²) in [6.07, 6.45) is -2.08.